The van der Waals surface area contributed by atoms with Crippen molar-refractivity contribution < 1.29 is 34.4 Å². The van der Waals surface area contributed by atoms with E-state index in [-0.39, 0.29) is 31.6 Å². The van der Waals surface area contributed by atoms with Gasteiger partial charge in [-0.1, -0.05) is 36.4 Å². The van der Waals surface area contributed by atoms with Crippen LogP contribution in [0.4, 0.5) is 4.39 Å². The van der Waals surface area contributed by atoms with Gasteiger partial charge in [-0.2, -0.15) is 0 Å². The number of rotatable bonds is 4. The molecule has 2 aromatic carbocycles. The number of hydrogen-bond acceptors (Lipinski definition) is 4. The zero-order valence-corrected chi connectivity index (χ0v) is 28.0. The van der Waals surface area contributed by atoms with Crippen LogP contribution in [0.2, 0.25) is 17.3 Å². The molecule has 0 saturated heterocycles. The third-order valence-electron chi connectivity index (χ3n) is 6.59. The molecule has 6 aromatic rings. The number of benzene rings is 2. The summed E-state index contributed by atoms with van der Waals surface area (Å²) in [5.74, 6) is 5.87. The van der Waals surface area contributed by atoms with Crippen LogP contribution in [0.5, 0.6) is 0 Å². The Labute approximate surface area is 262 Å². The van der Waals surface area contributed by atoms with Crippen molar-refractivity contribution in [2.75, 3.05) is 0 Å². The number of furan rings is 1. The second kappa shape index (κ2) is 12.8. The maximum Gasteiger partial charge on any atom is 0 e. The van der Waals surface area contributed by atoms with Gasteiger partial charge in [-0.15, -0.1) is 18.2 Å². The van der Waals surface area contributed by atoms with E-state index in [9.17, 15) is 4.39 Å². The monoisotopic (exact) mass is 788 g/mol. The molecule has 41 heavy (non-hydrogen) atoms. The molecule has 4 heterocycles. The molecule has 6 rings (SSSR count). The second-order valence-electron chi connectivity index (χ2n) is 10.8. The van der Waals surface area contributed by atoms with E-state index < -0.39 is 26.0 Å². The largest absolute Gasteiger partial charge is 0 e. The third-order valence-corrected chi connectivity index (χ3v) is 10.8. The maximum absolute atomic E-state index is 14.2. The Balaban J connectivity index is 0.000000204. The molecular weight excluding hydrogens is 750 g/mol. The summed E-state index contributed by atoms with van der Waals surface area (Å²) in [6.07, 6.45) is 4.99. The van der Waals surface area contributed by atoms with Gasteiger partial charge in [0.05, 0.1) is 11.0 Å². The summed E-state index contributed by atoms with van der Waals surface area (Å²) in [6, 6.07) is 23.6. The molecule has 0 saturated carbocycles. The first-order chi connectivity index (χ1) is 20.6. The smallest absolute Gasteiger partial charge is 0 e. The number of hydrogen-bond donors (Lipinski definition) is 0. The van der Waals surface area contributed by atoms with Crippen molar-refractivity contribution in [3.05, 3.63) is 108 Å². The Bertz CT molecular complexity index is 1880. The Kier molecular flexibility index (Phi) is 7.95. The molecule has 4 nitrogen and oxygen atoms in total. The maximum atomic E-state index is 14.2. The van der Waals surface area contributed by atoms with Crippen molar-refractivity contribution in [3.8, 4) is 22.5 Å². The Morgan fingerprint density at radius 2 is 1.76 bits per heavy atom. The number of pyridine rings is 3. The topological polar surface area (TPSA) is 51.8 Å². The minimum atomic E-state index is -2.08. The van der Waals surface area contributed by atoms with Gasteiger partial charge < -0.3 is 9.40 Å². The van der Waals surface area contributed by atoms with Crippen molar-refractivity contribution >= 4 is 39.7 Å². The molecule has 0 aliphatic rings. The van der Waals surface area contributed by atoms with Gasteiger partial charge in [0.15, 0.2) is 0 Å². The summed E-state index contributed by atoms with van der Waals surface area (Å²) >= 11 is -1.83. The summed E-state index contributed by atoms with van der Waals surface area (Å²) in [7, 11) is 0. The van der Waals surface area contributed by atoms with E-state index in [1.165, 1.54) is 22.7 Å². The molecule has 0 spiro atoms. The van der Waals surface area contributed by atoms with Crippen molar-refractivity contribution in [2.45, 2.75) is 43.9 Å². The molecule has 0 aliphatic carbocycles. The summed E-state index contributed by atoms with van der Waals surface area (Å²) in [6.45, 7) is 1.56. The standard InChI is InChI=1S/C19H14FN2O.C15H18GeN.Ir/c1-11(2)12-6-8-21-16(10-12)13-4-3-5-14-17-15(20)7-9-22-19(17)23-18(13)14;1-12-5-7-13(8-6-12)15-10-9-14(11-17-15)16(2,3)4;/h3,5-11H,1-2H3;5-7,9-11H,1-4H3;/q2*-1;/i11D;1D3;. The van der Waals surface area contributed by atoms with Gasteiger partial charge in [0.1, 0.15) is 5.82 Å². The van der Waals surface area contributed by atoms with E-state index in [1.807, 2.05) is 38.2 Å². The Hall–Kier alpha value is -3.19. The molecule has 0 bridgehead atoms. The van der Waals surface area contributed by atoms with E-state index in [4.69, 9.17) is 9.90 Å². The van der Waals surface area contributed by atoms with Gasteiger partial charge in [0, 0.05) is 33.9 Å². The van der Waals surface area contributed by atoms with Crippen LogP contribution < -0.4 is 4.40 Å². The summed E-state index contributed by atoms with van der Waals surface area (Å²) in [4.78, 5) is 13.0. The van der Waals surface area contributed by atoms with Crippen molar-refractivity contribution in [1.29, 1.82) is 0 Å². The number of nitrogens with zero attached hydrogens (tertiary/aromatic N) is 3. The van der Waals surface area contributed by atoms with Crippen LogP contribution in [0.15, 0.2) is 83.7 Å². The zero-order chi connectivity index (χ0) is 31.9. The zero-order valence-electron chi connectivity index (χ0n) is 27.5. The Morgan fingerprint density at radius 3 is 2.41 bits per heavy atom. The average molecular weight is 786 g/mol. The van der Waals surface area contributed by atoms with Gasteiger partial charge in [-0.25, -0.2) is 9.37 Å². The van der Waals surface area contributed by atoms with E-state index >= 15 is 0 Å². The molecule has 0 aliphatic heterocycles. The number of fused-ring (bicyclic) bond motifs is 3. The fraction of sp³-hybridized carbons (Fsp3) is 0.206. The molecular formula is C34H32FGeIrN3O-2. The first-order valence-electron chi connectivity index (χ1n) is 15.0. The van der Waals surface area contributed by atoms with Gasteiger partial charge in [0.25, 0.3) is 0 Å². The summed E-state index contributed by atoms with van der Waals surface area (Å²) < 4.78 is 51.5. The number of halogens is 1. The van der Waals surface area contributed by atoms with Crippen LogP contribution in [0, 0.1) is 24.8 Å². The van der Waals surface area contributed by atoms with E-state index in [2.05, 4.69) is 50.4 Å². The molecule has 0 atom stereocenters. The quantitative estimate of drug-likeness (QED) is 0.133. The second-order valence-corrected chi connectivity index (χ2v) is 21.4. The van der Waals surface area contributed by atoms with Crippen LogP contribution in [0.3, 0.4) is 0 Å². The van der Waals surface area contributed by atoms with E-state index in [0.717, 1.165) is 16.8 Å². The molecule has 0 unspecified atom stereocenters. The van der Waals surface area contributed by atoms with Gasteiger partial charge in [-0.05, 0) is 23.7 Å². The Morgan fingerprint density at radius 1 is 0.951 bits per heavy atom. The van der Waals surface area contributed by atoms with E-state index in [1.54, 1.807) is 30.5 Å². The minimum Gasteiger partial charge on any atom is 0 e. The molecule has 1 radical (unpaired) electrons. The van der Waals surface area contributed by atoms with Gasteiger partial charge >= 0.3 is 110 Å². The third kappa shape index (κ3) is 6.83. The average Bonchev–Trinajstić information content (AvgIpc) is 3.37. The van der Waals surface area contributed by atoms with E-state index in [0.29, 0.717) is 33.2 Å². The summed E-state index contributed by atoms with van der Waals surface area (Å²) in [5, 5.41) is 1.00. The molecule has 0 amide bonds. The van der Waals surface area contributed by atoms with Crippen LogP contribution in [-0.2, 0) is 20.1 Å². The normalized spacial score (nSPS) is 13.3. The van der Waals surface area contributed by atoms with Crippen LogP contribution in [-0.4, -0.2) is 28.2 Å². The van der Waals surface area contributed by atoms with Gasteiger partial charge in [-0.3, -0.25) is 0 Å². The summed E-state index contributed by atoms with van der Waals surface area (Å²) in [5.41, 5.74) is 4.82. The van der Waals surface area contributed by atoms with Crippen LogP contribution in [0.25, 0.3) is 44.6 Å². The molecule has 0 fully saturated rings. The predicted molar refractivity (Wildman–Crippen MR) is 164 cm³/mol. The minimum absolute atomic E-state index is 0. The fourth-order valence-corrected chi connectivity index (χ4v) is 6.45. The molecule has 211 valence electrons. The van der Waals surface area contributed by atoms with Crippen LogP contribution >= 0.6 is 0 Å². The molecule has 4 aromatic heterocycles. The predicted octanol–water partition coefficient (Wildman–Crippen LogP) is 8.51. The fourth-order valence-electron chi connectivity index (χ4n) is 4.27. The molecule has 7 heteroatoms. The SMILES string of the molecule is [2H]C(C)(C)c1ccnc(-c2[c-]ccc3c2oc2nccc(F)c23)c1.[2H]C([2H])([2H])c1c[c-]c(-c2cc[c]([Ge]([CH3])([CH3])[CH3])cn2)cc1.[Ir]. The number of aryl methyl sites for hydroxylation is 1. The molecule has 0 N–H and O–H groups in total. The van der Waals surface area contributed by atoms with Crippen molar-refractivity contribution in [1.82, 2.24) is 15.0 Å². The first-order valence-corrected chi connectivity index (χ1v) is 20.3. The van der Waals surface area contributed by atoms with Crippen molar-refractivity contribution in [3.63, 3.8) is 0 Å². The number of aromatic nitrogens is 3. The van der Waals surface area contributed by atoms with Gasteiger partial charge in [0.2, 0.25) is 5.71 Å². The first kappa shape index (κ1) is 25.5. The van der Waals surface area contributed by atoms with Crippen molar-refractivity contribution in [2.24, 2.45) is 0 Å². The van der Waals surface area contributed by atoms with Crippen LogP contribution in [0.1, 0.15) is 36.4 Å².